The van der Waals surface area contributed by atoms with Gasteiger partial charge in [-0.05, 0) is 51.5 Å². The van der Waals surface area contributed by atoms with Crippen LogP contribution in [0.4, 0.5) is 0 Å². The lowest BCUT2D eigenvalue weighted by Gasteiger charge is -2.16. The van der Waals surface area contributed by atoms with Gasteiger partial charge in [0.25, 0.3) is 5.91 Å². The van der Waals surface area contributed by atoms with E-state index in [1.165, 1.54) is 0 Å². The van der Waals surface area contributed by atoms with Crippen molar-refractivity contribution >= 4 is 23.4 Å². The predicted octanol–water partition coefficient (Wildman–Crippen LogP) is 2.26. The Labute approximate surface area is 151 Å². The van der Waals surface area contributed by atoms with Crippen LogP contribution in [-0.2, 0) is 4.79 Å². The lowest BCUT2D eigenvalue weighted by atomic mass is 10.2. The molecule has 2 amide bonds. The number of aromatic nitrogens is 3. The van der Waals surface area contributed by atoms with Gasteiger partial charge in [-0.15, -0.1) is 5.10 Å². The third kappa shape index (κ3) is 4.79. The highest BCUT2D eigenvalue weighted by Gasteiger charge is 2.21. The maximum atomic E-state index is 12.3. The first kappa shape index (κ1) is 18.9. The summed E-state index contributed by atoms with van der Waals surface area (Å²) in [6, 6.07) is 6.42. The summed E-state index contributed by atoms with van der Waals surface area (Å²) >= 11 is 5.88. The summed E-state index contributed by atoms with van der Waals surface area (Å²) in [5.74, 6) is -0.168. The number of amides is 2. The molecule has 1 aromatic carbocycles. The fraction of sp³-hybridized carbons (Fsp3) is 0.412. The smallest absolute Gasteiger partial charge is 0.291 e. The first-order valence-electron chi connectivity index (χ1n) is 8.12. The number of carbonyl (C=O) groups is 2. The lowest BCUT2D eigenvalue weighted by Crippen LogP contribution is -2.47. The molecule has 2 N–H and O–H groups in total. The normalized spacial score (nSPS) is 13.2. The van der Waals surface area contributed by atoms with Crippen LogP contribution in [0.15, 0.2) is 24.3 Å². The fourth-order valence-corrected chi connectivity index (χ4v) is 2.24. The number of nitrogens with zero attached hydrogens (tertiary/aromatic N) is 3. The van der Waals surface area contributed by atoms with Gasteiger partial charge in [0, 0.05) is 11.1 Å². The zero-order valence-electron chi connectivity index (χ0n) is 14.7. The molecule has 7 nitrogen and oxygen atoms in total. The first-order chi connectivity index (χ1) is 11.8. The van der Waals surface area contributed by atoms with Gasteiger partial charge in [-0.1, -0.05) is 18.5 Å². The summed E-state index contributed by atoms with van der Waals surface area (Å²) in [6.07, 6.45) is 0.818. The standard InChI is InChI=1S/C17H22ClN5O2/c1-5-10(2)19-16(24)11(3)20-17(25)15-21-12(4)23(22-15)14-8-6-13(18)7-9-14/h6-11H,5H2,1-4H3,(H,19,24)(H,20,25). The van der Waals surface area contributed by atoms with E-state index in [1.807, 2.05) is 13.8 Å². The Morgan fingerprint density at radius 3 is 2.44 bits per heavy atom. The number of hydrogen-bond donors (Lipinski definition) is 2. The van der Waals surface area contributed by atoms with E-state index in [1.54, 1.807) is 42.8 Å². The van der Waals surface area contributed by atoms with Gasteiger partial charge in [-0.25, -0.2) is 9.67 Å². The number of halogens is 1. The van der Waals surface area contributed by atoms with Crippen molar-refractivity contribution in [3.8, 4) is 5.69 Å². The summed E-state index contributed by atoms with van der Waals surface area (Å²) in [5, 5.41) is 10.3. The van der Waals surface area contributed by atoms with Gasteiger partial charge in [0.2, 0.25) is 11.7 Å². The second kappa shape index (κ2) is 8.11. The van der Waals surface area contributed by atoms with Crippen LogP contribution in [0.5, 0.6) is 0 Å². The molecular weight excluding hydrogens is 342 g/mol. The molecule has 0 fully saturated rings. The van der Waals surface area contributed by atoms with Crippen LogP contribution in [0.2, 0.25) is 5.02 Å². The van der Waals surface area contributed by atoms with Crippen molar-refractivity contribution in [2.24, 2.45) is 0 Å². The average molecular weight is 364 g/mol. The van der Waals surface area contributed by atoms with Gasteiger partial charge >= 0.3 is 0 Å². The Hall–Kier alpha value is -2.41. The third-order valence-electron chi connectivity index (χ3n) is 3.79. The SMILES string of the molecule is CCC(C)NC(=O)C(C)NC(=O)c1nc(C)n(-c2ccc(Cl)cc2)n1. The maximum Gasteiger partial charge on any atom is 0.291 e. The monoisotopic (exact) mass is 363 g/mol. The van der Waals surface area contributed by atoms with E-state index in [2.05, 4.69) is 20.7 Å². The molecule has 0 saturated carbocycles. The topological polar surface area (TPSA) is 88.9 Å². The van der Waals surface area contributed by atoms with Gasteiger partial charge in [0.15, 0.2) is 0 Å². The van der Waals surface area contributed by atoms with Crippen molar-refractivity contribution in [1.82, 2.24) is 25.4 Å². The number of hydrogen-bond acceptors (Lipinski definition) is 4. The minimum atomic E-state index is -0.677. The first-order valence-corrected chi connectivity index (χ1v) is 8.50. The van der Waals surface area contributed by atoms with Gasteiger partial charge < -0.3 is 10.6 Å². The fourth-order valence-electron chi connectivity index (χ4n) is 2.11. The van der Waals surface area contributed by atoms with Gasteiger partial charge in [-0.3, -0.25) is 9.59 Å². The second-order valence-corrected chi connectivity index (χ2v) is 6.32. The van der Waals surface area contributed by atoms with E-state index in [9.17, 15) is 9.59 Å². The molecule has 1 heterocycles. The van der Waals surface area contributed by atoms with Gasteiger partial charge in [-0.2, -0.15) is 0 Å². The molecule has 0 aliphatic rings. The summed E-state index contributed by atoms with van der Waals surface area (Å²) in [6.45, 7) is 7.26. The molecule has 2 atom stereocenters. The molecule has 134 valence electrons. The van der Waals surface area contributed by atoms with Crippen LogP contribution < -0.4 is 10.6 Å². The zero-order valence-corrected chi connectivity index (χ0v) is 15.5. The highest BCUT2D eigenvalue weighted by molar-refractivity contribution is 6.30. The second-order valence-electron chi connectivity index (χ2n) is 5.88. The molecule has 0 bridgehead atoms. The number of nitrogens with one attached hydrogen (secondary N) is 2. The molecule has 2 aromatic rings. The molecule has 2 unspecified atom stereocenters. The van der Waals surface area contributed by atoms with Crippen LogP contribution in [0.3, 0.4) is 0 Å². The van der Waals surface area contributed by atoms with Crippen LogP contribution in [0, 0.1) is 6.92 Å². The van der Waals surface area contributed by atoms with E-state index in [0.717, 1.165) is 12.1 Å². The summed E-state index contributed by atoms with van der Waals surface area (Å²) in [5.41, 5.74) is 0.746. The highest BCUT2D eigenvalue weighted by Crippen LogP contribution is 2.14. The van der Waals surface area contributed by atoms with Gasteiger partial charge in [0.05, 0.1) is 5.69 Å². The number of benzene rings is 1. The maximum absolute atomic E-state index is 12.3. The Balaban J connectivity index is 2.09. The molecule has 8 heteroatoms. The predicted molar refractivity (Wildman–Crippen MR) is 95.9 cm³/mol. The minimum Gasteiger partial charge on any atom is -0.352 e. The van der Waals surface area contributed by atoms with E-state index in [0.29, 0.717) is 10.8 Å². The molecule has 0 spiro atoms. The van der Waals surface area contributed by atoms with E-state index < -0.39 is 11.9 Å². The molecular formula is C17H22ClN5O2. The van der Waals surface area contributed by atoms with E-state index in [-0.39, 0.29) is 17.8 Å². The highest BCUT2D eigenvalue weighted by atomic mass is 35.5. The van der Waals surface area contributed by atoms with Crippen molar-refractivity contribution in [2.75, 3.05) is 0 Å². The van der Waals surface area contributed by atoms with Crippen molar-refractivity contribution in [2.45, 2.75) is 46.2 Å². The number of aryl methyl sites for hydroxylation is 1. The number of rotatable bonds is 6. The van der Waals surface area contributed by atoms with E-state index in [4.69, 9.17) is 11.6 Å². The molecule has 0 aliphatic heterocycles. The molecule has 2 rings (SSSR count). The number of carbonyl (C=O) groups excluding carboxylic acids is 2. The van der Waals surface area contributed by atoms with E-state index >= 15 is 0 Å². The summed E-state index contributed by atoms with van der Waals surface area (Å²) < 4.78 is 1.55. The van der Waals surface area contributed by atoms with Crippen LogP contribution in [0.25, 0.3) is 5.69 Å². The molecule has 0 saturated heterocycles. The van der Waals surface area contributed by atoms with Crippen LogP contribution in [-0.4, -0.2) is 38.7 Å². The Morgan fingerprint density at radius 1 is 1.20 bits per heavy atom. The van der Waals surface area contributed by atoms with Crippen molar-refractivity contribution in [3.63, 3.8) is 0 Å². The molecule has 25 heavy (non-hydrogen) atoms. The van der Waals surface area contributed by atoms with Crippen LogP contribution >= 0.6 is 11.6 Å². The molecule has 0 aliphatic carbocycles. The van der Waals surface area contributed by atoms with Crippen molar-refractivity contribution in [1.29, 1.82) is 0 Å². The van der Waals surface area contributed by atoms with Crippen molar-refractivity contribution in [3.05, 3.63) is 40.9 Å². The molecule has 0 radical (unpaired) electrons. The largest absolute Gasteiger partial charge is 0.352 e. The van der Waals surface area contributed by atoms with Crippen LogP contribution in [0.1, 0.15) is 43.6 Å². The lowest BCUT2D eigenvalue weighted by molar-refractivity contribution is -0.123. The summed E-state index contributed by atoms with van der Waals surface area (Å²) in [7, 11) is 0. The third-order valence-corrected chi connectivity index (χ3v) is 4.04. The van der Waals surface area contributed by atoms with Crippen molar-refractivity contribution < 1.29 is 9.59 Å². The zero-order chi connectivity index (χ0) is 18.6. The Morgan fingerprint density at radius 2 is 1.84 bits per heavy atom. The Bertz CT molecular complexity index is 757. The average Bonchev–Trinajstić information content (AvgIpc) is 2.97. The quantitative estimate of drug-likeness (QED) is 0.823. The van der Waals surface area contributed by atoms with Gasteiger partial charge in [0.1, 0.15) is 11.9 Å². The minimum absolute atomic E-state index is 0.00985. The summed E-state index contributed by atoms with van der Waals surface area (Å²) in [4.78, 5) is 28.5. The molecule has 1 aromatic heterocycles. The Kier molecular flexibility index (Phi) is 6.14.